The van der Waals surface area contributed by atoms with E-state index in [1.165, 1.54) is 11.3 Å². The van der Waals surface area contributed by atoms with Crippen LogP contribution in [0.2, 0.25) is 0 Å². The fourth-order valence-corrected chi connectivity index (χ4v) is 2.65. The third-order valence-corrected chi connectivity index (χ3v) is 3.55. The Morgan fingerprint density at radius 3 is 2.50 bits per heavy atom. The minimum atomic E-state index is 0.0104. The Morgan fingerprint density at radius 1 is 1.20 bits per heavy atom. The first-order valence-electron chi connectivity index (χ1n) is 7.44. The Labute approximate surface area is 127 Å². The van der Waals surface area contributed by atoms with Gasteiger partial charge in [0.1, 0.15) is 0 Å². The average Bonchev–Trinajstić information content (AvgIpc) is 2.80. The fraction of sp³-hybridized carbons (Fsp3) is 0.800. The summed E-state index contributed by atoms with van der Waals surface area (Å²) in [6.45, 7) is 9.23. The van der Waals surface area contributed by atoms with E-state index >= 15 is 0 Å². The summed E-state index contributed by atoms with van der Waals surface area (Å²) in [7, 11) is 1.71. The Balaban J connectivity index is 2.61. The zero-order valence-electron chi connectivity index (χ0n) is 13.1. The summed E-state index contributed by atoms with van der Waals surface area (Å²) in [5.41, 5.74) is 3.56. The maximum Gasteiger partial charge on any atom is 0.0671 e. The maximum atomic E-state index is 6.30. The van der Waals surface area contributed by atoms with Crippen LogP contribution in [0.1, 0.15) is 49.5 Å². The lowest BCUT2D eigenvalue weighted by Crippen LogP contribution is -2.12. The molecule has 1 unspecified atom stereocenters. The first kappa shape index (κ1) is 17.5. The van der Waals surface area contributed by atoms with Crippen molar-refractivity contribution >= 4 is 11.6 Å². The van der Waals surface area contributed by atoms with Crippen molar-refractivity contribution in [2.24, 2.45) is 0 Å². The summed E-state index contributed by atoms with van der Waals surface area (Å²) >= 11 is 6.30. The summed E-state index contributed by atoms with van der Waals surface area (Å²) < 4.78 is 12.7. The van der Waals surface area contributed by atoms with E-state index in [0.29, 0.717) is 6.61 Å². The SMILES string of the molecule is CCc1nn(CCOCCCOC)c(CC)c1C(C)Cl. The molecule has 1 heterocycles. The van der Waals surface area contributed by atoms with Crippen LogP contribution < -0.4 is 0 Å². The number of hydrogen-bond donors (Lipinski definition) is 0. The molecule has 0 amide bonds. The van der Waals surface area contributed by atoms with Crippen molar-refractivity contribution in [3.05, 3.63) is 17.0 Å². The summed E-state index contributed by atoms with van der Waals surface area (Å²) in [5, 5.41) is 4.69. The lowest BCUT2D eigenvalue weighted by molar-refractivity contribution is 0.0956. The molecule has 0 spiro atoms. The van der Waals surface area contributed by atoms with E-state index in [0.717, 1.165) is 44.7 Å². The lowest BCUT2D eigenvalue weighted by Gasteiger charge is -2.09. The number of aryl methyl sites for hydroxylation is 1. The predicted molar refractivity (Wildman–Crippen MR) is 82.6 cm³/mol. The Morgan fingerprint density at radius 2 is 1.95 bits per heavy atom. The molecule has 0 aliphatic heterocycles. The molecule has 20 heavy (non-hydrogen) atoms. The number of alkyl halides is 1. The van der Waals surface area contributed by atoms with E-state index in [9.17, 15) is 0 Å². The molecule has 0 saturated heterocycles. The number of methoxy groups -OCH3 is 1. The summed E-state index contributed by atoms with van der Waals surface area (Å²) in [6.07, 6.45) is 2.80. The number of aromatic nitrogens is 2. The quantitative estimate of drug-likeness (QED) is 0.491. The van der Waals surface area contributed by atoms with Crippen LogP contribution in [0, 0.1) is 0 Å². The van der Waals surface area contributed by atoms with Crippen LogP contribution in [-0.4, -0.2) is 36.7 Å². The zero-order valence-corrected chi connectivity index (χ0v) is 13.9. The van der Waals surface area contributed by atoms with Crippen molar-refractivity contribution < 1.29 is 9.47 Å². The van der Waals surface area contributed by atoms with Gasteiger partial charge in [0.2, 0.25) is 0 Å². The highest BCUT2D eigenvalue weighted by Gasteiger charge is 2.18. The lowest BCUT2D eigenvalue weighted by atomic mass is 10.1. The second-order valence-electron chi connectivity index (χ2n) is 4.81. The van der Waals surface area contributed by atoms with Crippen molar-refractivity contribution in [3.63, 3.8) is 0 Å². The monoisotopic (exact) mass is 302 g/mol. The van der Waals surface area contributed by atoms with Crippen LogP contribution in [0.25, 0.3) is 0 Å². The molecule has 1 rings (SSSR count). The molecule has 0 bridgehead atoms. The molecule has 0 saturated carbocycles. The number of rotatable bonds is 10. The number of hydrogen-bond acceptors (Lipinski definition) is 3. The van der Waals surface area contributed by atoms with Crippen molar-refractivity contribution in [1.82, 2.24) is 9.78 Å². The van der Waals surface area contributed by atoms with E-state index in [1.807, 2.05) is 6.92 Å². The van der Waals surface area contributed by atoms with E-state index in [2.05, 4.69) is 23.6 Å². The van der Waals surface area contributed by atoms with E-state index in [1.54, 1.807) is 7.11 Å². The molecule has 4 nitrogen and oxygen atoms in total. The predicted octanol–water partition coefficient (Wildman–Crippen LogP) is 3.36. The molecule has 5 heteroatoms. The van der Waals surface area contributed by atoms with Crippen molar-refractivity contribution in [2.75, 3.05) is 26.9 Å². The normalized spacial score (nSPS) is 12.8. The number of halogens is 1. The van der Waals surface area contributed by atoms with Gasteiger partial charge in [0.05, 0.1) is 24.2 Å². The third kappa shape index (κ3) is 4.76. The first-order valence-corrected chi connectivity index (χ1v) is 7.88. The van der Waals surface area contributed by atoms with Crippen LogP contribution >= 0.6 is 11.6 Å². The molecule has 0 fully saturated rings. The second-order valence-corrected chi connectivity index (χ2v) is 5.47. The molecule has 0 N–H and O–H groups in total. The fourth-order valence-electron chi connectivity index (χ4n) is 2.40. The van der Waals surface area contributed by atoms with Gasteiger partial charge in [-0.15, -0.1) is 11.6 Å². The van der Waals surface area contributed by atoms with Crippen molar-refractivity contribution in [3.8, 4) is 0 Å². The molecule has 1 atom stereocenters. The molecule has 0 aliphatic carbocycles. The van der Waals surface area contributed by atoms with Gasteiger partial charge in [0, 0.05) is 31.6 Å². The highest BCUT2D eigenvalue weighted by Crippen LogP contribution is 2.28. The molecule has 1 aromatic heterocycles. The van der Waals surface area contributed by atoms with Crippen molar-refractivity contribution in [2.45, 2.75) is 52.0 Å². The summed E-state index contributed by atoms with van der Waals surface area (Å²) in [4.78, 5) is 0. The van der Waals surface area contributed by atoms with Crippen LogP contribution in [0.3, 0.4) is 0 Å². The largest absolute Gasteiger partial charge is 0.385 e. The minimum Gasteiger partial charge on any atom is -0.385 e. The average molecular weight is 303 g/mol. The molecule has 1 aromatic rings. The standard InChI is InChI=1S/C15H27ClN2O2/c1-5-13-15(12(3)16)14(6-2)18(17-13)8-11-20-10-7-9-19-4/h12H,5-11H2,1-4H3. The van der Waals surface area contributed by atoms with Crippen molar-refractivity contribution in [1.29, 1.82) is 0 Å². The van der Waals surface area contributed by atoms with Gasteiger partial charge in [0.25, 0.3) is 0 Å². The third-order valence-electron chi connectivity index (χ3n) is 3.33. The number of ether oxygens (including phenoxy) is 2. The van der Waals surface area contributed by atoms with Gasteiger partial charge in [-0.25, -0.2) is 0 Å². The van der Waals surface area contributed by atoms with Gasteiger partial charge in [0.15, 0.2) is 0 Å². The van der Waals surface area contributed by atoms with Gasteiger partial charge in [-0.3, -0.25) is 4.68 Å². The van der Waals surface area contributed by atoms with Gasteiger partial charge < -0.3 is 9.47 Å². The smallest absolute Gasteiger partial charge is 0.0671 e. The second kappa shape index (κ2) is 9.37. The Hall–Kier alpha value is -0.580. The molecular weight excluding hydrogens is 276 g/mol. The van der Waals surface area contributed by atoms with Crippen LogP contribution in [-0.2, 0) is 28.9 Å². The Kier molecular flexibility index (Phi) is 8.19. The zero-order chi connectivity index (χ0) is 15.0. The molecule has 0 radical (unpaired) electrons. The summed E-state index contributed by atoms with van der Waals surface area (Å²) in [5.74, 6) is 0. The number of nitrogens with zero attached hydrogens (tertiary/aromatic N) is 2. The first-order chi connectivity index (χ1) is 9.65. The van der Waals surface area contributed by atoms with E-state index in [-0.39, 0.29) is 5.38 Å². The van der Waals surface area contributed by atoms with Crippen LogP contribution in [0.15, 0.2) is 0 Å². The van der Waals surface area contributed by atoms with Gasteiger partial charge in [-0.1, -0.05) is 13.8 Å². The van der Waals surface area contributed by atoms with E-state index < -0.39 is 0 Å². The van der Waals surface area contributed by atoms with Gasteiger partial charge >= 0.3 is 0 Å². The highest BCUT2D eigenvalue weighted by molar-refractivity contribution is 6.20. The molecule has 116 valence electrons. The van der Waals surface area contributed by atoms with Gasteiger partial charge in [-0.05, 0) is 26.2 Å². The molecule has 0 aliphatic rings. The maximum absolute atomic E-state index is 6.30. The van der Waals surface area contributed by atoms with Gasteiger partial charge in [-0.2, -0.15) is 5.10 Å². The molecule has 0 aromatic carbocycles. The van der Waals surface area contributed by atoms with Crippen LogP contribution in [0.5, 0.6) is 0 Å². The molecular formula is C15H27ClN2O2. The highest BCUT2D eigenvalue weighted by atomic mass is 35.5. The van der Waals surface area contributed by atoms with Crippen LogP contribution in [0.4, 0.5) is 0 Å². The Bertz CT molecular complexity index is 391. The summed E-state index contributed by atoms with van der Waals surface area (Å²) in [6, 6.07) is 0. The topological polar surface area (TPSA) is 36.3 Å². The van der Waals surface area contributed by atoms with E-state index in [4.69, 9.17) is 21.1 Å². The minimum absolute atomic E-state index is 0.0104.